The Hall–Kier alpha value is -4.04. The molecule has 8 heteroatoms. The van der Waals surface area contributed by atoms with E-state index in [1.54, 1.807) is 6.92 Å². The monoisotopic (exact) mass is 819 g/mol. The highest BCUT2D eigenvalue weighted by Crippen LogP contribution is 2.46. The summed E-state index contributed by atoms with van der Waals surface area (Å²) in [6.07, 6.45) is 29.7. The topological polar surface area (TPSA) is 116 Å². The molecule has 326 valence electrons. The van der Waals surface area contributed by atoms with Gasteiger partial charge in [0.15, 0.2) is 0 Å². The number of fused-ring (bicyclic) bond motifs is 5. The molecule has 6 aliphatic rings. The molecule has 0 aromatic rings. The Bertz CT molecular complexity index is 1990. The second-order valence-electron chi connectivity index (χ2n) is 18.2. The third kappa shape index (κ3) is 10.7. The summed E-state index contributed by atoms with van der Waals surface area (Å²) < 4.78 is 5.78. The number of nitrogens with zero attached hydrogens (tertiary/aromatic N) is 3. The number of unbranched alkanes of at least 4 members (excludes halogenated alkanes) is 15. The summed E-state index contributed by atoms with van der Waals surface area (Å²) in [4.78, 5) is 28.6. The van der Waals surface area contributed by atoms with Gasteiger partial charge < -0.3 is 20.3 Å². The summed E-state index contributed by atoms with van der Waals surface area (Å²) in [5, 5.41) is 26.2. The molecular formula is C52H74N4O4. The van der Waals surface area contributed by atoms with Crippen LogP contribution in [0, 0.1) is 11.8 Å². The van der Waals surface area contributed by atoms with Gasteiger partial charge in [0.05, 0.1) is 46.9 Å². The molecule has 5 aliphatic heterocycles. The highest BCUT2D eigenvalue weighted by Gasteiger charge is 2.41. The Labute approximate surface area is 361 Å². The van der Waals surface area contributed by atoms with Gasteiger partial charge in [-0.15, -0.1) is 0 Å². The van der Waals surface area contributed by atoms with E-state index in [1.165, 1.54) is 95.5 Å². The molecule has 1 saturated heterocycles. The average Bonchev–Trinajstić information content (AvgIpc) is 3.98. The predicted molar refractivity (Wildman–Crippen MR) is 248 cm³/mol. The van der Waals surface area contributed by atoms with Crippen molar-refractivity contribution in [2.45, 2.75) is 189 Å². The molecule has 6 rings (SSSR count). The molecule has 5 heterocycles. The average molecular weight is 819 g/mol. The Morgan fingerprint density at radius 1 is 0.783 bits per heavy atom. The van der Waals surface area contributed by atoms with Gasteiger partial charge in [-0.25, -0.2) is 15.0 Å². The molecule has 0 amide bonds. The van der Waals surface area contributed by atoms with Crippen LogP contribution in [0.25, 0.3) is 0 Å². The van der Waals surface area contributed by atoms with Crippen molar-refractivity contribution >= 4 is 23.1 Å². The molecule has 60 heavy (non-hydrogen) atoms. The van der Waals surface area contributed by atoms with E-state index in [1.807, 2.05) is 19.9 Å². The molecule has 0 spiro atoms. The van der Waals surface area contributed by atoms with Gasteiger partial charge in [-0.05, 0) is 87.5 Å². The maximum absolute atomic E-state index is 13.2. The van der Waals surface area contributed by atoms with Gasteiger partial charge in [0.1, 0.15) is 5.76 Å². The Morgan fingerprint density at radius 3 is 2.00 bits per heavy atom. The lowest BCUT2D eigenvalue weighted by molar-refractivity contribution is -0.144. The SMILES string of the molecule is CCCCCCCCCCCCCCCCCCOC(=O)CC[C@@H]1C2=C3CC(O)=C4C3=NC(=C4C)C=C3N=C(C=C4N=C(C=C(N2)[C@H]1C)C(C)=C4C(C)O)C(C)=C3CCC. The van der Waals surface area contributed by atoms with Crippen molar-refractivity contribution < 1.29 is 19.7 Å². The number of carbonyl (C=O) groups is 1. The van der Waals surface area contributed by atoms with Crippen molar-refractivity contribution in [1.82, 2.24) is 5.32 Å². The van der Waals surface area contributed by atoms with Crippen molar-refractivity contribution in [3.8, 4) is 0 Å². The van der Waals surface area contributed by atoms with E-state index < -0.39 is 6.10 Å². The maximum atomic E-state index is 13.2. The van der Waals surface area contributed by atoms with Gasteiger partial charge in [0, 0.05) is 52.8 Å². The third-order valence-electron chi connectivity index (χ3n) is 13.6. The zero-order chi connectivity index (χ0) is 42.8. The van der Waals surface area contributed by atoms with E-state index in [2.05, 4.69) is 45.2 Å². The number of allylic oxidation sites excluding steroid dienone is 11. The number of esters is 1. The van der Waals surface area contributed by atoms with Gasteiger partial charge in [-0.3, -0.25) is 4.79 Å². The Balaban J connectivity index is 1.09. The summed E-state index contributed by atoms with van der Waals surface area (Å²) in [7, 11) is 0. The number of aliphatic hydroxyl groups is 2. The number of hydrogen-bond donors (Lipinski definition) is 3. The number of ether oxygens (including phenoxy) is 1. The van der Waals surface area contributed by atoms with Crippen LogP contribution in [0.15, 0.2) is 106 Å². The number of hydrogen-bond acceptors (Lipinski definition) is 8. The molecule has 8 bridgehead atoms. The first-order valence-electron chi connectivity index (χ1n) is 23.8. The summed E-state index contributed by atoms with van der Waals surface area (Å²) in [5.74, 6) is 0.208. The van der Waals surface area contributed by atoms with Gasteiger partial charge >= 0.3 is 5.97 Å². The molecule has 1 fully saturated rings. The minimum absolute atomic E-state index is 0.0107. The molecule has 0 saturated carbocycles. The smallest absolute Gasteiger partial charge is 0.305 e. The van der Waals surface area contributed by atoms with Crippen molar-refractivity contribution in [1.29, 1.82) is 0 Å². The van der Waals surface area contributed by atoms with E-state index in [0.717, 1.165) is 105 Å². The fourth-order valence-corrected chi connectivity index (χ4v) is 9.95. The van der Waals surface area contributed by atoms with Gasteiger partial charge in [0.25, 0.3) is 0 Å². The summed E-state index contributed by atoms with van der Waals surface area (Å²) in [6.45, 7) is 15.1. The standard InChI is InChI=1S/C52H74N4O4/c1-8-10-11-12-13-14-15-16-17-18-19-20-21-22-23-24-28-60-48(59)27-26-39-34(4)42-30-43-35(5)49(37(7)57)46(54-43)32-41-33(3)38(25-9-2)45(53-41)31-44-36(6)50-47(58)29-40(51(39)55-42)52(50)56-44/h30-32,34,37,39,55,57-58H,8-29H2,1-7H3/t34-,37?,39-/m0/s1. The molecule has 0 radical (unpaired) electrons. The molecule has 0 aromatic carbocycles. The Morgan fingerprint density at radius 2 is 1.38 bits per heavy atom. The molecule has 3 atom stereocenters. The quantitative estimate of drug-likeness (QED) is 0.0701. The largest absolute Gasteiger partial charge is 0.511 e. The highest BCUT2D eigenvalue weighted by atomic mass is 16.5. The lowest BCUT2D eigenvalue weighted by atomic mass is 9.86. The van der Waals surface area contributed by atoms with E-state index in [0.29, 0.717) is 31.6 Å². The first-order valence-corrected chi connectivity index (χ1v) is 23.8. The van der Waals surface area contributed by atoms with Crippen LogP contribution in [-0.2, 0) is 9.53 Å². The zero-order valence-electron chi connectivity index (χ0n) is 38.1. The highest BCUT2D eigenvalue weighted by molar-refractivity contribution is 6.21. The molecular weight excluding hydrogens is 745 g/mol. The Kier molecular flexibility index (Phi) is 16.4. The number of aliphatic imine (C=N–C) groups is 3. The number of carbonyl (C=O) groups excluding carboxylic acids is 1. The fraction of sp³-hybridized carbons (Fsp3) is 0.615. The molecule has 8 nitrogen and oxygen atoms in total. The predicted octanol–water partition coefficient (Wildman–Crippen LogP) is 13.0. The minimum atomic E-state index is -0.705. The van der Waals surface area contributed by atoms with Crippen LogP contribution < -0.4 is 5.32 Å². The van der Waals surface area contributed by atoms with Gasteiger partial charge in [0.2, 0.25) is 0 Å². The normalized spacial score (nSPS) is 21.5. The minimum Gasteiger partial charge on any atom is -0.511 e. The van der Waals surface area contributed by atoms with Crippen molar-refractivity contribution in [2.75, 3.05) is 6.61 Å². The number of rotatable bonds is 23. The fourth-order valence-electron chi connectivity index (χ4n) is 9.95. The second kappa shape index (κ2) is 21.7. The lowest BCUT2D eigenvalue weighted by Gasteiger charge is -2.17. The summed E-state index contributed by atoms with van der Waals surface area (Å²) >= 11 is 0. The van der Waals surface area contributed by atoms with Crippen LogP contribution in [0.4, 0.5) is 0 Å². The summed E-state index contributed by atoms with van der Waals surface area (Å²) in [6, 6.07) is 0. The van der Waals surface area contributed by atoms with Gasteiger partial charge in [-0.2, -0.15) is 0 Å². The van der Waals surface area contributed by atoms with Crippen LogP contribution >= 0.6 is 0 Å². The second-order valence-corrected chi connectivity index (χ2v) is 18.2. The van der Waals surface area contributed by atoms with Crippen LogP contribution in [0.3, 0.4) is 0 Å². The van der Waals surface area contributed by atoms with Gasteiger partial charge in [-0.1, -0.05) is 124 Å². The lowest BCUT2D eigenvalue weighted by Crippen LogP contribution is -2.16. The van der Waals surface area contributed by atoms with Crippen molar-refractivity contribution in [3.05, 3.63) is 91.5 Å². The van der Waals surface area contributed by atoms with Crippen molar-refractivity contribution in [2.24, 2.45) is 26.8 Å². The van der Waals surface area contributed by atoms with E-state index in [-0.39, 0.29) is 17.8 Å². The molecule has 1 aliphatic carbocycles. The van der Waals surface area contributed by atoms with Crippen LogP contribution in [0.5, 0.6) is 0 Å². The van der Waals surface area contributed by atoms with E-state index in [4.69, 9.17) is 19.7 Å². The zero-order valence-corrected chi connectivity index (χ0v) is 38.1. The molecule has 0 aromatic heterocycles. The van der Waals surface area contributed by atoms with E-state index in [9.17, 15) is 15.0 Å². The van der Waals surface area contributed by atoms with Crippen LogP contribution in [0.2, 0.25) is 0 Å². The summed E-state index contributed by atoms with van der Waals surface area (Å²) in [5.41, 5.74) is 13.7. The number of aliphatic hydroxyl groups excluding tert-OH is 2. The first-order chi connectivity index (χ1) is 29.0. The first kappa shape index (κ1) is 45.5. The van der Waals surface area contributed by atoms with Crippen molar-refractivity contribution in [3.63, 3.8) is 0 Å². The van der Waals surface area contributed by atoms with E-state index >= 15 is 0 Å². The molecule has 3 N–H and O–H groups in total. The number of nitrogens with one attached hydrogen (secondary N) is 1. The maximum Gasteiger partial charge on any atom is 0.305 e. The molecule has 1 unspecified atom stereocenters. The third-order valence-corrected chi connectivity index (χ3v) is 13.6. The van der Waals surface area contributed by atoms with Crippen LogP contribution in [0.1, 0.15) is 183 Å². The van der Waals surface area contributed by atoms with Crippen LogP contribution in [-0.4, -0.2) is 46.0 Å².